The standard InChI is InChI=1S/C12H11FN4O2S/c13-10-5-8(17(18)19)3-4-9(10)12-16-15-11(20-12)6-14-7-1-2-7/h3-5,7,14H,1-2,6H2. The zero-order valence-electron chi connectivity index (χ0n) is 10.4. The number of halogens is 1. The Bertz CT molecular complexity index is 657. The topological polar surface area (TPSA) is 81.0 Å². The highest BCUT2D eigenvalue weighted by atomic mass is 32.1. The first-order valence-corrected chi connectivity index (χ1v) is 6.95. The van der Waals surface area contributed by atoms with Gasteiger partial charge in [0.2, 0.25) is 0 Å². The molecule has 0 unspecified atom stereocenters. The van der Waals surface area contributed by atoms with E-state index in [1.807, 2.05) is 0 Å². The van der Waals surface area contributed by atoms with E-state index in [4.69, 9.17) is 0 Å². The second-order valence-electron chi connectivity index (χ2n) is 4.58. The smallest absolute Gasteiger partial charge is 0.272 e. The van der Waals surface area contributed by atoms with Crippen molar-refractivity contribution in [2.75, 3.05) is 0 Å². The van der Waals surface area contributed by atoms with Gasteiger partial charge in [0.05, 0.1) is 11.0 Å². The van der Waals surface area contributed by atoms with E-state index in [1.165, 1.54) is 36.3 Å². The summed E-state index contributed by atoms with van der Waals surface area (Å²) < 4.78 is 13.8. The molecule has 0 atom stereocenters. The van der Waals surface area contributed by atoms with Crippen LogP contribution in [0.4, 0.5) is 10.1 Å². The van der Waals surface area contributed by atoms with Crippen LogP contribution in [0.15, 0.2) is 18.2 Å². The average Bonchev–Trinajstić information content (AvgIpc) is 3.14. The number of nitro groups is 1. The van der Waals surface area contributed by atoms with Crippen LogP contribution in [0.5, 0.6) is 0 Å². The van der Waals surface area contributed by atoms with Crippen LogP contribution in [0.2, 0.25) is 0 Å². The molecule has 0 spiro atoms. The molecular weight excluding hydrogens is 283 g/mol. The maximum Gasteiger partial charge on any atom is 0.272 e. The fraction of sp³-hybridized carbons (Fsp3) is 0.333. The van der Waals surface area contributed by atoms with Crippen molar-refractivity contribution >= 4 is 17.0 Å². The van der Waals surface area contributed by atoms with Crippen LogP contribution in [0.1, 0.15) is 17.8 Å². The predicted molar refractivity (Wildman–Crippen MR) is 71.8 cm³/mol. The van der Waals surface area contributed by atoms with Gasteiger partial charge in [-0.05, 0) is 18.9 Å². The summed E-state index contributed by atoms with van der Waals surface area (Å²) in [6.45, 7) is 0.622. The number of nitrogens with zero attached hydrogens (tertiary/aromatic N) is 3. The third kappa shape index (κ3) is 2.81. The molecule has 0 bridgehead atoms. The molecule has 1 aliphatic carbocycles. The van der Waals surface area contributed by atoms with Gasteiger partial charge in [0.15, 0.2) is 5.01 Å². The van der Waals surface area contributed by atoms with Crippen molar-refractivity contribution in [3.05, 3.63) is 39.1 Å². The molecule has 1 heterocycles. The van der Waals surface area contributed by atoms with Crippen molar-refractivity contribution in [2.45, 2.75) is 25.4 Å². The Morgan fingerprint density at radius 3 is 2.90 bits per heavy atom. The van der Waals surface area contributed by atoms with E-state index in [2.05, 4.69) is 15.5 Å². The fourth-order valence-electron chi connectivity index (χ4n) is 1.74. The van der Waals surface area contributed by atoms with Crippen LogP contribution >= 0.6 is 11.3 Å². The number of nitrogens with one attached hydrogen (secondary N) is 1. The van der Waals surface area contributed by atoms with Gasteiger partial charge < -0.3 is 5.32 Å². The van der Waals surface area contributed by atoms with Gasteiger partial charge in [-0.25, -0.2) is 4.39 Å². The number of hydrogen-bond donors (Lipinski definition) is 1. The number of hydrogen-bond acceptors (Lipinski definition) is 6. The SMILES string of the molecule is O=[N+]([O-])c1ccc(-c2nnc(CNC3CC3)s2)c(F)c1. The summed E-state index contributed by atoms with van der Waals surface area (Å²) in [5, 5.41) is 23.0. The van der Waals surface area contributed by atoms with Gasteiger partial charge in [-0.1, -0.05) is 11.3 Å². The summed E-state index contributed by atoms with van der Waals surface area (Å²) in [5.41, 5.74) is -0.0304. The molecule has 1 N–H and O–H groups in total. The first kappa shape index (κ1) is 13.1. The molecule has 2 aromatic rings. The summed E-state index contributed by atoms with van der Waals surface area (Å²) in [4.78, 5) is 9.94. The van der Waals surface area contributed by atoms with Crippen molar-refractivity contribution < 1.29 is 9.31 Å². The Labute approximate surface area is 117 Å². The number of rotatable bonds is 5. The maximum absolute atomic E-state index is 13.8. The van der Waals surface area contributed by atoms with E-state index in [0.717, 1.165) is 11.1 Å². The van der Waals surface area contributed by atoms with E-state index in [1.54, 1.807) is 0 Å². The van der Waals surface area contributed by atoms with Crippen molar-refractivity contribution in [2.24, 2.45) is 0 Å². The minimum atomic E-state index is -0.656. The summed E-state index contributed by atoms with van der Waals surface area (Å²) in [6.07, 6.45) is 2.37. The molecule has 0 amide bonds. The molecule has 1 aromatic carbocycles. The molecule has 1 aromatic heterocycles. The van der Waals surface area contributed by atoms with Gasteiger partial charge in [-0.2, -0.15) is 0 Å². The van der Waals surface area contributed by atoms with Crippen LogP contribution in [-0.4, -0.2) is 21.2 Å². The molecule has 1 fully saturated rings. The Hall–Kier alpha value is -1.93. The largest absolute Gasteiger partial charge is 0.308 e. The highest BCUT2D eigenvalue weighted by Gasteiger charge is 2.21. The van der Waals surface area contributed by atoms with E-state index in [0.29, 0.717) is 17.6 Å². The lowest BCUT2D eigenvalue weighted by molar-refractivity contribution is -0.385. The lowest BCUT2D eigenvalue weighted by atomic mass is 10.2. The lowest BCUT2D eigenvalue weighted by Gasteiger charge is -1.98. The minimum absolute atomic E-state index is 0.241. The molecule has 104 valence electrons. The third-order valence-electron chi connectivity index (χ3n) is 2.98. The van der Waals surface area contributed by atoms with Crippen LogP contribution in [0.25, 0.3) is 10.6 Å². The predicted octanol–water partition coefficient (Wildman–Crippen LogP) is 2.50. The third-order valence-corrected chi connectivity index (χ3v) is 3.94. The summed E-state index contributed by atoms with van der Waals surface area (Å²) in [6, 6.07) is 4.10. The van der Waals surface area contributed by atoms with E-state index >= 15 is 0 Å². The fourth-order valence-corrected chi connectivity index (χ4v) is 2.56. The summed E-state index contributed by atoms with van der Waals surface area (Å²) in [7, 11) is 0. The Morgan fingerprint density at radius 2 is 2.25 bits per heavy atom. The lowest BCUT2D eigenvalue weighted by Crippen LogP contribution is -2.14. The summed E-state index contributed by atoms with van der Waals surface area (Å²) >= 11 is 1.29. The number of aromatic nitrogens is 2. The van der Waals surface area contributed by atoms with Crippen molar-refractivity contribution in [1.29, 1.82) is 0 Å². The Balaban J connectivity index is 1.79. The van der Waals surface area contributed by atoms with Crippen LogP contribution in [0, 0.1) is 15.9 Å². The Morgan fingerprint density at radius 1 is 1.45 bits per heavy atom. The van der Waals surface area contributed by atoms with Gasteiger partial charge in [0, 0.05) is 24.2 Å². The molecular formula is C12H11FN4O2S. The quantitative estimate of drug-likeness (QED) is 0.677. The highest BCUT2D eigenvalue weighted by Crippen LogP contribution is 2.29. The molecule has 0 saturated heterocycles. The van der Waals surface area contributed by atoms with Crippen LogP contribution < -0.4 is 5.32 Å². The maximum atomic E-state index is 13.8. The number of non-ortho nitro benzene ring substituents is 1. The van der Waals surface area contributed by atoms with Gasteiger partial charge in [0.25, 0.3) is 5.69 Å². The molecule has 20 heavy (non-hydrogen) atoms. The summed E-state index contributed by atoms with van der Waals surface area (Å²) in [5.74, 6) is -0.656. The highest BCUT2D eigenvalue weighted by molar-refractivity contribution is 7.14. The zero-order chi connectivity index (χ0) is 14.1. The van der Waals surface area contributed by atoms with Crippen LogP contribution in [-0.2, 0) is 6.54 Å². The average molecular weight is 294 g/mol. The van der Waals surface area contributed by atoms with Crippen molar-refractivity contribution in [3.8, 4) is 10.6 Å². The number of nitro benzene ring substituents is 1. The van der Waals surface area contributed by atoms with Gasteiger partial charge >= 0.3 is 0 Å². The zero-order valence-corrected chi connectivity index (χ0v) is 11.2. The minimum Gasteiger partial charge on any atom is -0.308 e. The molecule has 8 heteroatoms. The molecule has 0 aliphatic heterocycles. The second kappa shape index (κ2) is 5.22. The van der Waals surface area contributed by atoms with E-state index in [-0.39, 0.29) is 11.3 Å². The van der Waals surface area contributed by atoms with Crippen molar-refractivity contribution in [1.82, 2.24) is 15.5 Å². The van der Waals surface area contributed by atoms with E-state index in [9.17, 15) is 14.5 Å². The molecule has 3 rings (SSSR count). The van der Waals surface area contributed by atoms with Crippen LogP contribution in [0.3, 0.4) is 0 Å². The van der Waals surface area contributed by atoms with Gasteiger partial charge in [-0.3, -0.25) is 10.1 Å². The second-order valence-corrected chi connectivity index (χ2v) is 5.64. The molecule has 0 radical (unpaired) electrons. The number of benzene rings is 1. The molecule has 6 nitrogen and oxygen atoms in total. The first-order chi connectivity index (χ1) is 9.63. The molecule has 1 aliphatic rings. The van der Waals surface area contributed by atoms with Crippen molar-refractivity contribution in [3.63, 3.8) is 0 Å². The monoisotopic (exact) mass is 294 g/mol. The Kier molecular flexibility index (Phi) is 3.41. The first-order valence-electron chi connectivity index (χ1n) is 6.13. The van der Waals surface area contributed by atoms with Gasteiger partial charge in [0.1, 0.15) is 10.8 Å². The molecule has 1 saturated carbocycles. The van der Waals surface area contributed by atoms with Gasteiger partial charge in [-0.15, -0.1) is 10.2 Å². The normalized spacial score (nSPS) is 14.4. The van der Waals surface area contributed by atoms with E-state index < -0.39 is 10.7 Å².